The number of aliphatic carboxylic acids is 1. The van der Waals surface area contributed by atoms with Crippen molar-refractivity contribution in [3.63, 3.8) is 0 Å². The molecule has 0 bridgehead atoms. The summed E-state index contributed by atoms with van der Waals surface area (Å²) in [5.41, 5.74) is -0.485. The van der Waals surface area contributed by atoms with Crippen LogP contribution in [0.2, 0.25) is 0 Å². The molecule has 2 amide bonds. The number of hydrogen-bond acceptors (Lipinski definition) is 6. The Bertz CT molecular complexity index is 493. The fraction of sp³-hybridized carbons (Fsp3) is 0.800. The summed E-state index contributed by atoms with van der Waals surface area (Å²) in [5, 5.41) is 9.02. The number of amides is 2. The van der Waals surface area contributed by atoms with Gasteiger partial charge >= 0.3 is 18.2 Å². The van der Waals surface area contributed by atoms with Gasteiger partial charge in [-0.3, -0.25) is 9.63 Å². The molecule has 0 aromatic carbocycles. The van der Waals surface area contributed by atoms with E-state index in [1.165, 1.54) is 4.90 Å². The summed E-state index contributed by atoms with van der Waals surface area (Å²) in [6.07, 6.45) is -1.77. The highest BCUT2D eigenvalue weighted by Gasteiger charge is 2.50. The van der Waals surface area contributed by atoms with Gasteiger partial charge in [0.05, 0.1) is 19.5 Å². The number of carboxylic acid groups (broad SMARTS) is 1. The first kappa shape index (κ1) is 20.0. The van der Waals surface area contributed by atoms with Crippen molar-refractivity contribution in [3.05, 3.63) is 0 Å². The lowest BCUT2D eigenvalue weighted by atomic mass is 9.91. The molecule has 9 nitrogen and oxygen atoms in total. The average molecular weight is 346 g/mol. The molecule has 0 spiro atoms. The third-order valence-electron chi connectivity index (χ3n) is 2.83. The van der Waals surface area contributed by atoms with E-state index in [0.717, 1.165) is 0 Å². The van der Waals surface area contributed by atoms with Gasteiger partial charge in [-0.05, 0) is 41.5 Å². The zero-order chi connectivity index (χ0) is 18.8. The molecule has 1 aliphatic heterocycles. The van der Waals surface area contributed by atoms with E-state index in [1.807, 2.05) is 0 Å². The Hall–Kier alpha value is -2.03. The molecule has 138 valence electrons. The Morgan fingerprint density at radius 2 is 1.54 bits per heavy atom. The average Bonchev–Trinajstić information content (AvgIpc) is 2.26. The van der Waals surface area contributed by atoms with E-state index in [9.17, 15) is 14.4 Å². The van der Waals surface area contributed by atoms with Crippen LogP contribution in [-0.2, 0) is 19.1 Å². The number of ether oxygens (including phenoxy) is 2. The predicted octanol–water partition coefficient (Wildman–Crippen LogP) is 1.91. The van der Waals surface area contributed by atoms with Gasteiger partial charge in [0.1, 0.15) is 16.8 Å². The van der Waals surface area contributed by atoms with Crippen LogP contribution in [0.15, 0.2) is 0 Å². The number of likely N-dealkylation sites (tertiary alicyclic amines) is 1. The summed E-state index contributed by atoms with van der Waals surface area (Å²) in [6, 6.07) is 0. The van der Waals surface area contributed by atoms with Gasteiger partial charge in [-0.15, -0.1) is 0 Å². The van der Waals surface area contributed by atoms with Crippen molar-refractivity contribution in [2.24, 2.45) is 0 Å². The number of rotatable bonds is 4. The lowest BCUT2D eigenvalue weighted by Crippen LogP contribution is -2.67. The molecule has 0 saturated carbocycles. The number of nitrogens with zero attached hydrogens (tertiary/aromatic N) is 1. The minimum absolute atomic E-state index is 0.00991. The Morgan fingerprint density at radius 3 is 1.96 bits per heavy atom. The summed E-state index contributed by atoms with van der Waals surface area (Å²) >= 11 is 0. The topological polar surface area (TPSA) is 114 Å². The summed E-state index contributed by atoms with van der Waals surface area (Å²) in [6.45, 7) is 10.2. The van der Waals surface area contributed by atoms with Crippen molar-refractivity contribution in [1.29, 1.82) is 0 Å². The van der Waals surface area contributed by atoms with E-state index in [0.29, 0.717) is 0 Å². The number of carbonyl (C=O) groups excluding carboxylic acids is 2. The first-order valence-electron chi connectivity index (χ1n) is 7.58. The van der Waals surface area contributed by atoms with Gasteiger partial charge in [0, 0.05) is 0 Å². The molecular formula is C15H26N2O7. The normalized spacial score (nSPS) is 16.8. The third kappa shape index (κ3) is 6.61. The van der Waals surface area contributed by atoms with Gasteiger partial charge in [0.25, 0.3) is 0 Å². The maximum atomic E-state index is 11.9. The fourth-order valence-corrected chi connectivity index (χ4v) is 2.04. The van der Waals surface area contributed by atoms with Gasteiger partial charge < -0.3 is 19.5 Å². The second-order valence-corrected chi connectivity index (χ2v) is 7.80. The molecule has 0 radical (unpaired) electrons. The van der Waals surface area contributed by atoms with Gasteiger partial charge in [0.2, 0.25) is 0 Å². The quantitative estimate of drug-likeness (QED) is 0.747. The summed E-state index contributed by atoms with van der Waals surface area (Å²) in [4.78, 5) is 41.1. The summed E-state index contributed by atoms with van der Waals surface area (Å²) < 4.78 is 10.2. The zero-order valence-electron chi connectivity index (χ0n) is 15.0. The Balaban J connectivity index is 2.60. The molecule has 2 N–H and O–H groups in total. The highest BCUT2D eigenvalue weighted by molar-refractivity contribution is 5.73. The SMILES string of the molecule is CC(C)(C)OC(=O)NOC1(CC(=O)O)CN(C(=O)OC(C)(C)C)C1. The van der Waals surface area contributed by atoms with Crippen molar-refractivity contribution in [3.8, 4) is 0 Å². The minimum atomic E-state index is -1.21. The largest absolute Gasteiger partial charge is 0.481 e. The maximum absolute atomic E-state index is 11.9. The molecule has 9 heteroatoms. The predicted molar refractivity (Wildman–Crippen MR) is 83.2 cm³/mol. The summed E-state index contributed by atoms with van der Waals surface area (Å²) in [5.74, 6) is -1.11. The van der Waals surface area contributed by atoms with Crippen LogP contribution in [0.3, 0.4) is 0 Å². The maximum Gasteiger partial charge on any atom is 0.431 e. The van der Waals surface area contributed by atoms with Gasteiger partial charge in [-0.1, -0.05) is 0 Å². The van der Waals surface area contributed by atoms with E-state index in [4.69, 9.17) is 19.4 Å². The molecule has 0 aromatic rings. The molecule has 1 aliphatic rings. The molecule has 0 unspecified atom stereocenters. The lowest BCUT2D eigenvalue weighted by Gasteiger charge is -2.47. The second-order valence-electron chi connectivity index (χ2n) is 7.80. The van der Waals surface area contributed by atoms with Crippen LogP contribution in [0.1, 0.15) is 48.0 Å². The molecule has 0 aromatic heterocycles. The molecule has 1 rings (SSSR count). The number of carboxylic acids is 1. The van der Waals surface area contributed by atoms with Crippen molar-refractivity contribution >= 4 is 18.2 Å². The van der Waals surface area contributed by atoms with Gasteiger partial charge in [-0.25, -0.2) is 9.59 Å². The van der Waals surface area contributed by atoms with E-state index in [2.05, 4.69) is 5.48 Å². The van der Waals surface area contributed by atoms with Crippen LogP contribution in [0.4, 0.5) is 9.59 Å². The fourth-order valence-electron chi connectivity index (χ4n) is 2.04. The Kier molecular flexibility index (Phi) is 5.70. The Morgan fingerprint density at radius 1 is 1.04 bits per heavy atom. The molecule has 24 heavy (non-hydrogen) atoms. The first-order chi connectivity index (χ1) is 10.7. The summed E-state index contributed by atoms with van der Waals surface area (Å²) in [7, 11) is 0. The highest BCUT2D eigenvalue weighted by Crippen LogP contribution is 2.29. The van der Waals surface area contributed by atoms with Gasteiger partial charge in [-0.2, -0.15) is 5.48 Å². The second kappa shape index (κ2) is 6.84. The standard InChI is InChI=1S/C15H26N2O7/c1-13(2,3)22-11(20)16-24-15(7-10(18)19)8-17(9-15)12(21)23-14(4,5)6/h7-9H2,1-6H3,(H,16,20)(H,18,19). The highest BCUT2D eigenvalue weighted by atomic mass is 16.7. The monoisotopic (exact) mass is 346 g/mol. The number of hydroxylamine groups is 1. The number of hydrogen-bond donors (Lipinski definition) is 2. The van der Waals surface area contributed by atoms with E-state index in [-0.39, 0.29) is 19.5 Å². The first-order valence-corrected chi connectivity index (χ1v) is 7.58. The molecular weight excluding hydrogens is 320 g/mol. The molecule has 0 atom stereocenters. The molecule has 1 heterocycles. The lowest BCUT2D eigenvalue weighted by molar-refractivity contribution is -0.186. The smallest absolute Gasteiger partial charge is 0.431 e. The van der Waals surface area contributed by atoms with Crippen molar-refractivity contribution in [2.45, 2.75) is 64.8 Å². The Labute approximate surface area is 141 Å². The third-order valence-corrected chi connectivity index (χ3v) is 2.83. The van der Waals surface area contributed by atoms with Crippen LogP contribution in [0.25, 0.3) is 0 Å². The molecule has 0 aliphatic carbocycles. The van der Waals surface area contributed by atoms with Crippen LogP contribution in [0.5, 0.6) is 0 Å². The molecule has 1 fully saturated rings. The van der Waals surface area contributed by atoms with E-state index in [1.54, 1.807) is 41.5 Å². The van der Waals surface area contributed by atoms with Gasteiger partial charge in [0.15, 0.2) is 0 Å². The van der Waals surface area contributed by atoms with E-state index < -0.39 is 35.0 Å². The van der Waals surface area contributed by atoms with Crippen molar-refractivity contribution in [1.82, 2.24) is 10.4 Å². The molecule has 1 saturated heterocycles. The number of nitrogens with one attached hydrogen (secondary N) is 1. The minimum Gasteiger partial charge on any atom is -0.481 e. The van der Waals surface area contributed by atoms with Crippen LogP contribution >= 0.6 is 0 Å². The van der Waals surface area contributed by atoms with Crippen molar-refractivity contribution < 1.29 is 33.8 Å². The van der Waals surface area contributed by atoms with E-state index >= 15 is 0 Å². The zero-order valence-corrected chi connectivity index (χ0v) is 15.0. The van der Waals surface area contributed by atoms with Crippen LogP contribution in [-0.4, -0.2) is 58.1 Å². The number of carbonyl (C=O) groups is 3. The van der Waals surface area contributed by atoms with Crippen molar-refractivity contribution in [2.75, 3.05) is 13.1 Å². The van der Waals surface area contributed by atoms with Crippen LogP contribution in [0, 0.1) is 0 Å². The van der Waals surface area contributed by atoms with Crippen LogP contribution < -0.4 is 5.48 Å².